The van der Waals surface area contributed by atoms with Gasteiger partial charge in [-0.15, -0.1) is 0 Å². The number of hydrogen-bond acceptors (Lipinski definition) is 5. The van der Waals surface area contributed by atoms with E-state index in [-0.39, 0.29) is 11.8 Å². The first-order valence-electron chi connectivity index (χ1n) is 7.82. The lowest BCUT2D eigenvalue weighted by Crippen LogP contribution is -2.06. The van der Waals surface area contributed by atoms with E-state index < -0.39 is 6.61 Å². The van der Waals surface area contributed by atoms with E-state index in [9.17, 15) is 8.78 Å². The highest BCUT2D eigenvalue weighted by Gasteiger charge is 2.12. The summed E-state index contributed by atoms with van der Waals surface area (Å²) in [7, 11) is 1.48. The van der Waals surface area contributed by atoms with E-state index in [4.69, 9.17) is 10.5 Å². The van der Waals surface area contributed by atoms with E-state index in [0.717, 1.165) is 11.1 Å². The van der Waals surface area contributed by atoms with Gasteiger partial charge in [0.2, 0.25) is 17.7 Å². The molecule has 142 valence electrons. The van der Waals surface area contributed by atoms with Crippen LogP contribution in [0.25, 0.3) is 11.1 Å². The van der Waals surface area contributed by atoms with Crippen LogP contribution in [-0.4, -0.2) is 36.4 Å². The minimum absolute atomic E-state index is 0.0752. The van der Waals surface area contributed by atoms with Crippen LogP contribution in [0, 0.1) is 0 Å². The molecule has 0 saturated heterocycles. The number of hydrogen-bond donors (Lipinski definition) is 1. The summed E-state index contributed by atoms with van der Waals surface area (Å²) < 4.78 is 34.5. The summed E-state index contributed by atoms with van der Waals surface area (Å²) in [5.74, 6) is 0.242. The van der Waals surface area contributed by atoms with Gasteiger partial charge in [-0.25, -0.2) is 20.0 Å². The number of nitrogens with two attached hydrogens (primary N) is 1. The predicted molar refractivity (Wildman–Crippen MR) is 99.3 cm³/mol. The Bertz CT molecular complexity index is 869. The number of aliphatic imine (C=N–C) groups is 2. The predicted octanol–water partition coefficient (Wildman–Crippen LogP) is 3.22. The number of halogens is 2. The number of nitrogens with zero attached hydrogens (tertiary/aromatic N) is 4. The smallest absolute Gasteiger partial charge is 0.388 e. The van der Waals surface area contributed by atoms with Gasteiger partial charge in [-0.3, -0.25) is 0 Å². The van der Waals surface area contributed by atoms with Gasteiger partial charge in [0, 0.05) is 30.2 Å². The molecule has 0 radical (unpaired) electrons. The molecule has 0 spiro atoms. The number of allylic oxidation sites excluding steroid dienone is 1. The molecule has 0 aliphatic heterocycles. The van der Waals surface area contributed by atoms with Crippen LogP contribution in [0.4, 0.5) is 8.78 Å². The Morgan fingerprint density at radius 1 is 1.37 bits per heavy atom. The third-order valence-corrected chi connectivity index (χ3v) is 3.42. The number of rotatable bonds is 7. The lowest BCUT2D eigenvalue weighted by molar-refractivity contribution is -0.0528. The molecule has 27 heavy (non-hydrogen) atoms. The second-order valence-corrected chi connectivity index (χ2v) is 5.46. The largest absolute Gasteiger partial charge is 0.481 e. The molecular weight excluding hydrogens is 356 g/mol. The highest BCUT2D eigenvalue weighted by Crippen LogP contribution is 2.31. The summed E-state index contributed by atoms with van der Waals surface area (Å²) in [6, 6.07) is 4.91. The molecule has 0 unspecified atom stereocenters. The molecule has 0 atom stereocenters. The number of guanidine groups is 1. The van der Waals surface area contributed by atoms with E-state index in [1.807, 2.05) is 13.0 Å². The van der Waals surface area contributed by atoms with Crippen LogP contribution in [0.2, 0.25) is 0 Å². The van der Waals surface area contributed by atoms with Crippen molar-refractivity contribution in [3.8, 4) is 22.9 Å². The van der Waals surface area contributed by atoms with Crippen molar-refractivity contribution in [3.63, 3.8) is 0 Å². The minimum Gasteiger partial charge on any atom is -0.481 e. The molecule has 0 saturated carbocycles. The van der Waals surface area contributed by atoms with Crippen LogP contribution in [0.15, 0.2) is 52.4 Å². The van der Waals surface area contributed by atoms with Crippen LogP contribution >= 0.6 is 0 Å². The summed E-state index contributed by atoms with van der Waals surface area (Å²) in [5.41, 5.74) is 8.47. The monoisotopic (exact) mass is 375 g/mol. The summed E-state index contributed by atoms with van der Waals surface area (Å²) in [6.07, 6.45) is 5.18. The van der Waals surface area contributed by atoms with Crippen molar-refractivity contribution in [2.24, 2.45) is 15.7 Å². The quantitative estimate of drug-likeness (QED) is 0.592. The van der Waals surface area contributed by atoms with Crippen LogP contribution < -0.4 is 15.2 Å². The maximum absolute atomic E-state index is 12.4. The standard InChI is InChI=1S/C18H19F2N5O2/c1-11(9-25-18(21)22-2)6-12-7-14(16(26-3)24-10-12)13-4-5-23-15(8-13)27-17(19)20/h4-5,7-10,17H,2,6H2,1,3H3,(H2,21,25)/b11-9+. The fourth-order valence-corrected chi connectivity index (χ4v) is 2.28. The molecular formula is C18H19F2N5O2. The van der Waals surface area contributed by atoms with Gasteiger partial charge in [-0.1, -0.05) is 5.57 Å². The van der Waals surface area contributed by atoms with E-state index in [2.05, 4.69) is 31.4 Å². The zero-order chi connectivity index (χ0) is 19.8. The molecule has 0 aliphatic rings. The molecule has 0 aliphatic carbocycles. The van der Waals surface area contributed by atoms with Crippen LogP contribution in [0.5, 0.6) is 11.8 Å². The second kappa shape index (κ2) is 9.37. The Hall–Kier alpha value is -3.36. The first kappa shape index (κ1) is 20.0. The highest BCUT2D eigenvalue weighted by molar-refractivity contribution is 5.82. The third kappa shape index (κ3) is 5.84. The van der Waals surface area contributed by atoms with Gasteiger partial charge in [0.15, 0.2) is 0 Å². The van der Waals surface area contributed by atoms with Crippen LogP contribution in [0.1, 0.15) is 12.5 Å². The van der Waals surface area contributed by atoms with Crippen molar-refractivity contribution < 1.29 is 18.3 Å². The molecule has 0 bridgehead atoms. The number of methoxy groups -OCH3 is 1. The van der Waals surface area contributed by atoms with Crippen LogP contribution in [0.3, 0.4) is 0 Å². The van der Waals surface area contributed by atoms with Gasteiger partial charge in [0.25, 0.3) is 0 Å². The van der Waals surface area contributed by atoms with E-state index in [1.165, 1.54) is 19.4 Å². The lowest BCUT2D eigenvalue weighted by Gasteiger charge is -2.11. The molecule has 0 aromatic carbocycles. The van der Waals surface area contributed by atoms with Gasteiger partial charge in [0.1, 0.15) is 0 Å². The van der Waals surface area contributed by atoms with Crippen molar-refractivity contribution in [1.29, 1.82) is 0 Å². The first-order valence-corrected chi connectivity index (χ1v) is 7.82. The summed E-state index contributed by atoms with van der Waals surface area (Å²) in [4.78, 5) is 15.5. The Morgan fingerprint density at radius 3 is 2.81 bits per heavy atom. The normalized spacial score (nSPS) is 12.2. The molecule has 2 aromatic rings. The molecule has 9 heteroatoms. The van der Waals surface area contributed by atoms with E-state index >= 15 is 0 Å². The van der Waals surface area contributed by atoms with Gasteiger partial charge in [-0.2, -0.15) is 8.78 Å². The lowest BCUT2D eigenvalue weighted by atomic mass is 10.0. The molecule has 7 nitrogen and oxygen atoms in total. The van der Waals surface area contributed by atoms with Gasteiger partial charge in [-0.05, 0) is 43.3 Å². The average Bonchev–Trinajstić information content (AvgIpc) is 2.65. The topological polar surface area (TPSA) is 95.0 Å². The van der Waals surface area contributed by atoms with E-state index in [1.54, 1.807) is 18.5 Å². The third-order valence-electron chi connectivity index (χ3n) is 3.42. The Morgan fingerprint density at radius 2 is 2.15 bits per heavy atom. The van der Waals surface area contributed by atoms with Crippen molar-refractivity contribution in [2.45, 2.75) is 20.0 Å². The van der Waals surface area contributed by atoms with Crippen molar-refractivity contribution in [3.05, 3.63) is 47.9 Å². The zero-order valence-corrected chi connectivity index (χ0v) is 14.9. The van der Waals surface area contributed by atoms with Gasteiger partial charge in [0.05, 0.1) is 7.11 Å². The number of alkyl halides is 2. The number of aromatic nitrogens is 2. The van der Waals surface area contributed by atoms with Crippen molar-refractivity contribution in [1.82, 2.24) is 9.97 Å². The molecule has 2 heterocycles. The van der Waals surface area contributed by atoms with Gasteiger partial charge < -0.3 is 15.2 Å². The maximum Gasteiger partial charge on any atom is 0.388 e. The minimum atomic E-state index is -2.95. The highest BCUT2D eigenvalue weighted by atomic mass is 19.3. The van der Waals surface area contributed by atoms with Crippen LogP contribution in [-0.2, 0) is 6.42 Å². The summed E-state index contributed by atoms with van der Waals surface area (Å²) in [6.45, 7) is 2.22. The van der Waals surface area contributed by atoms with E-state index in [0.29, 0.717) is 23.4 Å². The van der Waals surface area contributed by atoms with Crippen molar-refractivity contribution in [2.75, 3.05) is 7.11 Å². The molecule has 0 amide bonds. The first-order chi connectivity index (χ1) is 12.9. The SMILES string of the molecule is C=NC(N)=N/C=C(\C)Cc1cnc(OC)c(-c2ccnc(OC(F)F)c2)c1. The van der Waals surface area contributed by atoms with Crippen molar-refractivity contribution >= 4 is 12.7 Å². The fraction of sp³-hybridized carbons (Fsp3) is 0.222. The molecule has 2 N–H and O–H groups in total. The Labute approximate surface area is 155 Å². The molecule has 2 aromatic heterocycles. The summed E-state index contributed by atoms with van der Waals surface area (Å²) in [5, 5.41) is 0. The number of ether oxygens (including phenoxy) is 2. The van der Waals surface area contributed by atoms with Gasteiger partial charge >= 0.3 is 6.61 Å². The zero-order valence-electron chi connectivity index (χ0n) is 14.9. The fourth-order valence-electron chi connectivity index (χ4n) is 2.28. The Kier molecular flexibility index (Phi) is 6.93. The molecule has 2 rings (SSSR count). The second-order valence-electron chi connectivity index (χ2n) is 5.46. The summed E-state index contributed by atoms with van der Waals surface area (Å²) >= 11 is 0. The maximum atomic E-state index is 12.4. The molecule has 0 fully saturated rings. The number of pyridine rings is 2. The Balaban J connectivity index is 2.34. The average molecular weight is 375 g/mol.